The summed E-state index contributed by atoms with van der Waals surface area (Å²) in [5.41, 5.74) is 0. The molecule has 1 saturated heterocycles. The Kier molecular flexibility index (Phi) is 6.35. The number of nitrogens with zero attached hydrogens (tertiary/aromatic N) is 2. The molecule has 8 nitrogen and oxygen atoms in total. The van der Waals surface area contributed by atoms with E-state index in [4.69, 9.17) is 4.74 Å². The summed E-state index contributed by atoms with van der Waals surface area (Å²) >= 11 is 0. The Morgan fingerprint density at radius 2 is 1.90 bits per heavy atom. The average molecular weight is 329 g/mol. The molecular weight excluding hydrogens is 306 g/mol. The first-order chi connectivity index (χ1) is 9.13. The monoisotopic (exact) mass is 329 g/mol. The number of ether oxygens (including phenoxy) is 1. The molecule has 120 valence electrons. The summed E-state index contributed by atoms with van der Waals surface area (Å²) in [5.74, 6) is 0. The van der Waals surface area contributed by atoms with E-state index in [1.165, 1.54) is 18.4 Å². The minimum absolute atomic E-state index is 0.0281. The van der Waals surface area contributed by atoms with E-state index in [1.54, 1.807) is 0 Å². The molecule has 1 unspecified atom stereocenters. The van der Waals surface area contributed by atoms with Crippen molar-refractivity contribution in [1.29, 1.82) is 0 Å². The highest BCUT2D eigenvalue weighted by Crippen LogP contribution is 2.14. The van der Waals surface area contributed by atoms with E-state index in [0.717, 1.165) is 23.4 Å². The van der Waals surface area contributed by atoms with Gasteiger partial charge in [0.05, 0.1) is 12.4 Å². The molecule has 1 heterocycles. The molecule has 0 bridgehead atoms. The molecule has 20 heavy (non-hydrogen) atoms. The maximum atomic E-state index is 11.7. The van der Waals surface area contributed by atoms with E-state index in [0.29, 0.717) is 6.61 Å². The normalized spacial score (nSPS) is 20.9. The highest BCUT2D eigenvalue weighted by molar-refractivity contribution is 7.88. The van der Waals surface area contributed by atoms with E-state index in [1.807, 2.05) is 0 Å². The van der Waals surface area contributed by atoms with E-state index < -0.39 is 20.2 Å². The Morgan fingerprint density at radius 3 is 2.35 bits per heavy atom. The van der Waals surface area contributed by atoms with Crippen molar-refractivity contribution >= 4 is 20.2 Å². The maximum absolute atomic E-state index is 11.7. The lowest BCUT2D eigenvalue weighted by molar-refractivity contribution is 0.0943. The van der Waals surface area contributed by atoms with Crippen LogP contribution in [0.5, 0.6) is 0 Å². The molecule has 10 heteroatoms. The first-order valence-electron chi connectivity index (χ1n) is 6.37. The summed E-state index contributed by atoms with van der Waals surface area (Å²) in [7, 11) is -4.11. The van der Waals surface area contributed by atoms with Gasteiger partial charge in [0.15, 0.2) is 0 Å². The van der Waals surface area contributed by atoms with Crippen molar-refractivity contribution in [3.63, 3.8) is 0 Å². The first kappa shape index (κ1) is 17.8. The molecular formula is C10H23N3O5S2. The van der Waals surface area contributed by atoms with Crippen molar-refractivity contribution in [2.45, 2.75) is 18.9 Å². The number of nitrogens with one attached hydrogen (secondary N) is 1. The Morgan fingerprint density at radius 1 is 1.25 bits per heavy atom. The van der Waals surface area contributed by atoms with Crippen LogP contribution in [0.2, 0.25) is 0 Å². The molecule has 1 aliphatic heterocycles. The van der Waals surface area contributed by atoms with E-state index in [9.17, 15) is 16.8 Å². The number of sulfonamides is 1. The van der Waals surface area contributed by atoms with Gasteiger partial charge in [0.2, 0.25) is 10.0 Å². The van der Waals surface area contributed by atoms with Gasteiger partial charge in [-0.05, 0) is 12.8 Å². The quantitative estimate of drug-likeness (QED) is 0.605. The van der Waals surface area contributed by atoms with Crippen molar-refractivity contribution in [3.8, 4) is 0 Å². The maximum Gasteiger partial charge on any atom is 0.278 e. The lowest BCUT2D eigenvalue weighted by Gasteiger charge is -2.23. The lowest BCUT2D eigenvalue weighted by atomic mass is 10.2. The van der Waals surface area contributed by atoms with E-state index in [2.05, 4.69) is 4.72 Å². The zero-order valence-corrected chi connectivity index (χ0v) is 13.7. The van der Waals surface area contributed by atoms with Gasteiger partial charge in [-0.15, -0.1) is 0 Å². The molecule has 1 atom stereocenters. The zero-order valence-electron chi connectivity index (χ0n) is 12.1. The van der Waals surface area contributed by atoms with Crippen LogP contribution in [-0.2, 0) is 25.0 Å². The van der Waals surface area contributed by atoms with Crippen molar-refractivity contribution in [3.05, 3.63) is 0 Å². The molecule has 0 aliphatic carbocycles. The molecule has 0 spiro atoms. The highest BCUT2D eigenvalue weighted by Gasteiger charge is 2.25. The number of hydrogen-bond acceptors (Lipinski definition) is 5. The molecule has 1 fully saturated rings. The Labute approximate surface area is 121 Å². The van der Waals surface area contributed by atoms with Gasteiger partial charge >= 0.3 is 0 Å². The molecule has 0 aromatic carbocycles. The second kappa shape index (κ2) is 7.14. The third-order valence-corrected chi connectivity index (χ3v) is 5.83. The van der Waals surface area contributed by atoms with Gasteiger partial charge in [0.1, 0.15) is 0 Å². The summed E-state index contributed by atoms with van der Waals surface area (Å²) in [4.78, 5) is 0. The Hall–Kier alpha value is -0.260. The molecule has 0 aromatic heterocycles. The van der Waals surface area contributed by atoms with Gasteiger partial charge in [0, 0.05) is 40.3 Å². The summed E-state index contributed by atoms with van der Waals surface area (Å²) in [5, 5.41) is 0. The predicted octanol–water partition coefficient (Wildman–Crippen LogP) is -1.18. The van der Waals surface area contributed by atoms with Gasteiger partial charge in [-0.2, -0.15) is 17.0 Å². The minimum atomic E-state index is -3.54. The van der Waals surface area contributed by atoms with Crippen LogP contribution >= 0.6 is 0 Å². The lowest BCUT2D eigenvalue weighted by Crippen LogP contribution is -2.44. The standard InChI is InChI=1S/C10H23N3O5S2/c1-12(2)20(16,17)11-6-7-13(19(3,14)15)9-10-5-4-8-18-10/h10-11H,4-9H2,1-3H3. The van der Waals surface area contributed by atoms with Gasteiger partial charge in [-0.25, -0.2) is 13.1 Å². The van der Waals surface area contributed by atoms with Crippen LogP contribution in [0.4, 0.5) is 0 Å². The van der Waals surface area contributed by atoms with Crippen LogP contribution in [-0.4, -0.2) is 78.1 Å². The van der Waals surface area contributed by atoms with Crippen molar-refractivity contribution < 1.29 is 21.6 Å². The second-order valence-electron chi connectivity index (χ2n) is 4.94. The van der Waals surface area contributed by atoms with E-state index >= 15 is 0 Å². The highest BCUT2D eigenvalue weighted by atomic mass is 32.2. The molecule has 1 N–H and O–H groups in total. The fourth-order valence-corrected chi connectivity index (χ4v) is 3.30. The number of rotatable bonds is 8. The molecule has 0 aromatic rings. The Balaban J connectivity index is 2.54. The third kappa shape index (κ3) is 5.62. The van der Waals surface area contributed by atoms with Gasteiger partial charge in [-0.1, -0.05) is 0 Å². The third-order valence-electron chi connectivity index (χ3n) is 3.03. The molecule has 0 radical (unpaired) electrons. The summed E-state index contributed by atoms with van der Waals surface area (Å²) in [6, 6.07) is 0. The van der Waals surface area contributed by atoms with Gasteiger partial charge < -0.3 is 4.74 Å². The molecule has 1 aliphatic rings. The summed E-state index contributed by atoms with van der Waals surface area (Å²) in [6.45, 7) is 1.03. The molecule has 0 saturated carbocycles. The molecule has 1 rings (SSSR count). The van der Waals surface area contributed by atoms with Crippen LogP contribution < -0.4 is 4.72 Å². The van der Waals surface area contributed by atoms with Crippen LogP contribution in [0.15, 0.2) is 0 Å². The van der Waals surface area contributed by atoms with E-state index in [-0.39, 0.29) is 25.7 Å². The fourth-order valence-electron chi connectivity index (χ4n) is 1.84. The fraction of sp³-hybridized carbons (Fsp3) is 1.00. The SMILES string of the molecule is CN(C)S(=O)(=O)NCCN(CC1CCCO1)S(C)(=O)=O. The summed E-state index contributed by atoms with van der Waals surface area (Å²) in [6.07, 6.45) is 2.77. The van der Waals surface area contributed by atoms with Crippen molar-refractivity contribution in [1.82, 2.24) is 13.3 Å². The second-order valence-corrected chi connectivity index (χ2v) is 8.89. The average Bonchev–Trinajstić information content (AvgIpc) is 2.78. The predicted molar refractivity (Wildman–Crippen MR) is 76.0 cm³/mol. The van der Waals surface area contributed by atoms with Crippen molar-refractivity contribution in [2.24, 2.45) is 0 Å². The van der Waals surface area contributed by atoms with Gasteiger partial charge in [-0.3, -0.25) is 0 Å². The Bertz CT molecular complexity index is 497. The summed E-state index contributed by atoms with van der Waals surface area (Å²) < 4.78 is 56.5. The topological polar surface area (TPSA) is 96.0 Å². The number of hydrogen-bond donors (Lipinski definition) is 1. The van der Waals surface area contributed by atoms with Crippen LogP contribution in [0, 0.1) is 0 Å². The zero-order chi connectivity index (χ0) is 15.4. The van der Waals surface area contributed by atoms with Crippen LogP contribution in [0.1, 0.15) is 12.8 Å². The van der Waals surface area contributed by atoms with Gasteiger partial charge in [0.25, 0.3) is 10.2 Å². The van der Waals surface area contributed by atoms with Crippen LogP contribution in [0.3, 0.4) is 0 Å². The van der Waals surface area contributed by atoms with Crippen molar-refractivity contribution in [2.75, 3.05) is 46.6 Å². The van der Waals surface area contributed by atoms with Crippen LogP contribution in [0.25, 0.3) is 0 Å². The first-order valence-corrected chi connectivity index (χ1v) is 9.65. The largest absolute Gasteiger partial charge is 0.377 e. The smallest absolute Gasteiger partial charge is 0.278 e. The molecule has 0 amide bonds. The minimum Gasteiger partial charge on any atom is -0.377 e.